The van der Waals surface area contributed by atoms with Crippen LogP contribution in [0.3, 0.4) is 0 Å². The molecule has 4 rings (SSSR count). The summed E-state index contributed by atoms with van der Waals surface area (Å²) in [6, 6.07) is 0. The second-order valence-electron chi connectivity index (χ2n) is 13.0. The number of rotatable bonds is 6. The molecular formula is C26H41N3O7SSi. The fourth-order valence-electron chi connectivity index (χ4n) is 4.41. The fraction of sp³-hybridized carbons (Fsp3) is 0.731. The van der Waals surface area contributed by atoms with Crippen molar-refractivity contribution < 1.29 is 33.3 Å². The standard InChI is InChI=1S/C26H41N3O7SSi/c1-23(2,3)36-22(31)29-21-19-16(27-14-28-21)15(11-37-19)17-18-20(35-25(7,8)33-18)26(12-30,34-17)13-32-38(9,10)24(4,5)6/h11,14,17-18,20,30H,12-13H2,1-10H3,(H,27,28,29,31)/t17-,18-,20-,26+/m0/s1. The summed E-state index contributed by atoms with van der Waals surface area (Å²) < 4.78 is 31.9. The molecule has 4 atom stereocenters. The van der Waals surface area contributed by atoms with Crippen LogP contribution < -0.4 is 5.32 Å². The van der Waals surface area contributed by atoms with Crippen LogP contribution in [-0.4, -0.2) is 71.9 Å². The Labute approximate surface area is 229 Å². The topological polar surface area (TPSA) is 121 Å². The van der Waals surface area contributed by atoms with E-state index in [1.807, 2.05) is 19.2 Å². The Morgan fingerprint density at radius 3 is 2.45 bits per heavy atom. The zero-order chi connectivity index (χ0) is 28.3. The molecule has 2 saturated heterocycles. The minimum Gasteiger partial charge on any atom is -0.444 e. The average Bonchev–Trinajstić information content (AvgIpc) is 3.41. The lowest BCUT2D eigenvalue weighted by atomic mass is 9.95. The third kappa shape index (κ3) is 5.63. The molecule has 0 aromatic carbocycles. The normalized spacial score (nSPS) is 27.5. The monoisotopic (exact) mass is 567 g/mol. The van der Waals surface area contributed by atoms with Crippen LogP contribution in [0.15, 0.2) is 11.7 Å². The summed E-state index contributed by atoms with van der Waals surface area (Å²) in [6.45, 7) is 19.8. The Balaban J connectivity index is 1.67. The molecule has 0 unspecified atom stereocenters. The molecular weight excluding hydrogens is 526 g/mol. The number of nitrogens with one attached hydrogen (secondary N) is 1. The molecule has 1 amide bonds. The van der Waals surface area contributed by atoms with Gasteiger partial charge in [-0.15, -0.1) is 11.3 Å². The first-order valence-electron chi connectivity index (χ1n) is 12.9. The predicted molar refractivity (Wildman–Crippen MR) is 148 cm³/mol. The van der Waals surface area contributed by atoms with Crippen LogP contribution >= 0.6 is 11.3 Å². The van der Waals surface area contributed by atoms with Crippen molar-refractivity contribution in [3.8, 4) is 0 Å². The number of fused-ring (bicyclic) bond motifs is 2. The van der Waals surface area contributed by atoms with E-state index in [2.05, 4.69) is 49.1 Å². The molecule has 2 aliphatic heterocycles. The Hall–Kier alpha value is -1.67. The summed E-state index contributed by atoms with van der Waals surface area (Å²) in [5.41, 5.74) is -0.348. The van der Waals surface area contributed by atoms with E-state index < -0.39 is 49.7 Å². The van der Waals surface area contributed by atoms with Crippen molar-refractivity contribution in [1.29, 1.82) is 0 Å². The van der Waals surface area contributed by atoms with Crippen molar-refractivity contribution in [3.05, 3.63) is 17.3 Å². The van der Waals surface area contributed by atoms with Gasteiger partial charge >= 0.3 is 6.09 Å². The van der Waals surface area contributed by atoms with Crippen molar-refractivity contribution in [3.63, 3.8) is 0 Å². The molecule has 2 fully saturated rings. The van der Waals surface area contributed by atoms with Crippen molar-refractivity contribution in [2.45, 2.75) is 109 Å². The lowest BCUT2D eigenvalue weighted by Gasteiger charge is -2.40. The second kappa shape index (κ2) is 9.75. The van der Waals surface area contributed by atoms with Crippen LogP contribution in [0.5, 0.6) is 0 Å². The number of carbonyl (C=O) groups is 1. The molecule has 0 aliphatic carbocycles. The highest BCUT2D eigenvalue weighted by Crippen LogP contribution is 2.52. The summed E-state index contributed by atoms with van der Waals surface area (Å²) in [4.78, 5) is 21.2. The molecule has 2 aromatic heterocycles. The van der Waals surface area contributed by atoms with Gasteiger partial charge in [0.05, 0.1) is 23.4 Å². The summed E-state index contributed by atoms with van der Waals surface area (Å²) in [5, 5.41) is 15.3. The Morgan fingerprint density at radius 2 is 1.84 bits per heavy atom. The smallest absolute Gasteiger partial charge is 0.413 e. The van der Waals surface area contributed by atoms with Crippen LogP contribution in [-0.2, 0) is 23.4 Å². The van der Waals surface area contributed by atoms with Gasteiger partial charge in [0, 0.05) is 5.56 Å². The number of ether oxygens (including phenoxy) is 4. The molecule has 0 saturated carbocycles. The van der Waals surface area contributed by atoms with Gasteiger partial charge in [-0.2, -0.15) is 0 Å². The number of hydrogen-bond donors (Lipinski definition) is 2. The van der Waals surface area contributed by atoms with E-state index >= 15 is 0 Å². The molecule has 2 aromatic rings. The number of aliphatic hydroxyl groups excluding tert-OH is 1. The molecule has 12 heteroatoms. The van der Waals surface area contributed by atoms with E-state index in [4.69, 9.17) is 23.4 Å². The number of amides is 1. The van der Waals surface area contributed by atoms with E-state index in [0.29, 0.717) is 16.0 Å². The minimum atomic E-state index is -2.15. The van der Waals surface area contributed by atoms with Gasteiger partial charge in [0.1, 0.15) is 35.8 Å². The maximum absolute atomic E-state index is 12.4. The lowest BCUT2D eigenvalue weighted by molar-refractivity contribution is -0.223. The van der Waals surface area contributed by atoms with Gasteiger partial charge in [0.15, 0.2) is 19.9 Å². The van der Waals surface area contributed by atoms with Gasteiger partial charge in [0.2, 0.25) is 0 Å². The van der Waals surface area contributed by atoms with E-state index in [-0.39, 0.29) is 18.3 Å². The average molecular weight is 568 g/mol. The number of carbonyl (C=O) groups excluding carboxylic acids is 1. The molecule has 212 valence electrons. The van der Waals surface area contributed by atoms with E-state index in [1.165, 1.54) is 17.7 Å². The third-order valence-corrected chi connectivity index (χ3v) is 12.8. The molecule has 4 heterocycles. The van der Waals surface area contributed by atoms with Gasteiger partial charge in [-0.25, -0.2) is 14.8 Å². The molecule has 10 nitrogen and oxygen atoms in total. The Kier molecular flexibility index (Phi) is 7.52. The molecule has 38 heavy (non-hydrogen) atoms. The van der Waals surface area contributed by atoms with Gasteiger partial charge in [-0.05, 0) is 58.1 Å². The number of aromatic nitrogens is 2. The molecule has 0 spiro atoms. The highest BCUT2D eigenvalue weighted by atomic mass is 32.1. The summed E-state index contributed by atoms with van der Waals surface area (Å²) in [7, 11) is -2.15. The van der Waals surface area contributed by atoms with Crippen LogP contribution in [0.2, 0.25) is 18.1 Å². The first kappa shape index (κ1) is 29.3. The quantitative estimate of drug-likeness (QED) is 0.443. The molecule has 0 radical (unpaired) electrons. The van der Waals surface area contributed by atoms with Crippen LogP contribution in [0.4, 0.5) is 10.6 Å². The Bertz CT molecular complexity index is 1190. The van der Waals surface area contributed by atoms with E-state index in [0.717, 1.165) is 5.56 Å². The highest BCUT2D eigenvalue weighted by Gasteiger charge is 2.64. The van der Waals surface area contributed by atoms with Crippen molar-refractivity contribution >= 4 is 41.8 Å². The molecule has 2 N–H and O–H groups in total. The zero-order valence-corrected chi connectivity index (χ0v) is 25.8. The van der Waals surface area contributed by atoms with Gasteiger partial charge in [0.25, 0.3) is 0 Å². The molecule has 2 aliphatic rings. The van der Waals surface area contributed by atoms with Gasteiger partial charge in [-0.1, -0.05) is 20.8 Å². The largest absolute Gasteiger partial charge is 0.444 e. The number of hydrogen-bond acceptors (Lipinski definition) is 10. The zero-order valence-electron chi connectivity index (χ0n) is 24.0. The van der Waals surface area contributed by atoms with Crippen molar-refractivity contribution in [1.82, 2.24) is 9.97 Å². The van der Waals surface area contributed by atoms with Crippen molar-refractivity contribution in [2.75, 3.05) is 18.5 Å². The summed E-state index contributed by atoms with van der Waals surface area (Å²) >= 11 is 1.39. The summed E-state index contributed by atoms with van der Waals surface area (Å²) in [6.07, 6.45) is -0.812. The van der Waals surface area contributed by atoms with Crippen LogP contribution in [0.1, 0.15) is 67.1 Å². The van der Waals surface area contributed by atoms with E-state index in [1.54, 1.807) is 20.8 Å². The number of thiophene rings is 1. The third-order valence-electron chi connectivity index (χ3n) is 7.37. The minimum absolute atomic E-state index is 0.00856. The molecule has 0 bridgehead atoms. The van der Waals surface area contributed by atoms with Crippen LogP contribution in [0.25, 0.3) is 10.2 Å². The second-order valence-corrected chi connectivity index (χ2v) is 18.7. The van der Waals surface area contributed by atoms with Gasteiger partial charge < -0.3 is 28.5 Å². The fourth-order valence-corrected chi connectivity index (χ4v) is 6.44. The van der Waals surface area contributed by atoms with Crippen LogP contribution in [0, 0.1) is 0 Å². The maximum atomic E-state index is 12.4. The highest BCUT2D eigenvalue weighted by molar-refractivity contribution is 7.18. The first-order chi connectivity index (χ1) is 17.4. The predicted octanol–water partition coefficient (Wildman–Crippen LogP) is 5.38. The lowest BCUT2D eigenvalue weighted by Crippen LogP contribution is -2.54. The first-order valence-corrected chi connectivity index (χ1v) is 16.7. The number of anilines is 1. The Morgan fingerprint density at radius 1 is 1.16 bits per heavy atom. The number of nitrogens with zero attached hydrogens (tertiary/aromatic N) is 2. The number of aliphatic hydroxyl groups is 1. The van der Waals surface area contributed by atoms with E-state index in [9.17, 15) is 9.90 Å². The maximum Gasteiger partial charge on any atom is 0.413 e. The SMILES string of the molecule is CC(C)(C)OC(=O)Nc1ncnc2c([C@@H]3O[C@](CO)(CO[Si](C)(C)C(C)(C)C)[C@H]4OC(C)(C)O[C@@H]34)csc12. The summed E-state index contributed by atoms with van der Waals surface area (Å²) in [5.74, 6) is -0.507. The van der Waals surface area contributed by atoms with Crippen molar-refractivity contribution in [2.24, 2.45) is 0 Å². The van der Waals surface area contributed by atoms with Gasteiger partial charge in [-0.3, -0.25) is 5.32 Å².